The SMILES string of the molecule is CN1[CH-]N2c3[c-]c4ccccc4cc3Oc3cccc1c32.[Ir+3].[c-]1ccccc1-c1ccccn1. The Morgan fingerprint density at radius 2 is 1.74 bits per heavy atom. The molecule has 0 N–H and O–H groups in total. The van der Waals surface area contributed by atoms with E-state index in [1.165, 1.54) is 0 Å². The van der Waals surface area contributed by atoms with E-state index in [1.807, 2.05) is 66.7 Å². The number of aromatic nitrogens is 1. The summed E-state index contributed by atoms with van der Waals surface area (Å²) < 4.78 is 6.11. The van der Waals surface area contributed by atoms with E-state index in [0.717, 1.165) is 50.6 Å². The molecule has 5 heteroatoms. The molecule has 0 saturated carbocycles. The largest absolute Gasteiger partial charge is 3.00 e. The zero-order valence-corrected chi connectivity index (χ0v) is 20.8. The molecule has 5 aromatic rings. The standard InChI is InChI=1S/C18H12N2O.C11H8N.Ir/c1-19-11-20-15-9-12-5-2-3-6-13(12)10-17(15)21-16-8-4-7-14(19)18(16)20;1-2-6-10(7-3-1)11-8-4-5-9-12-11;/h2-8,10-11H,1H3;1-6,8-9H;/q-2;-1;+3. The first-order valence-electron chi connectivity index (χ1n) is 10.8. The third kappa shape index (κ3) is 3.94. The van der Waals surface area contributed by atoms with E-state index in [-0.39, 0.29) is 20.1 Å². The summed E-state index contributed by atoms with van der Waals surface area (Å²) >= 11 is 0. The number of fused-ring (bicyclic) bond motifs is 3. The van der Waals surface area contributed by atoms with Crippen LogP contribution in [0.2, 0.25) is 0 Å². The van der Waals surface area contributed by atoms with Gasteiger partial charge < -0.3 is 19.5 Å². The summed E-state index contributed by atoms with van der Waals surface area (Å²) in [7, 11) is 2.05. The Kier molecular flexibility index (Phi) is 6.06. The Morgan fingerprint density at radius 3 is 2.56 bits per heavy atom. The van der Waals surface area contributed by atoms with Crippen LogP contribution in [-0.2, 0) is 20.1 Å². The number of benzene rings is 4. The fourth-order valence-electron chi connectivity index (χ4n) is 4.17. The Bertz CT molecular complexity index is 1400. The number of pyridine rings is 1. The van der Waals surface area contributed by atoms with Crippen molar-refractivity contribution in [2.45, 2.75) is 0 Å². The van der Waals surface area contributed by atoms with Crippen LogP contribution >= 0.6 is 0 Å². The van der Waals surface area contributed by atoms with Gasteiger partial charge in [-0.05, 0) is 36.6 Å². The molecule has 0 spiro atoms. The third-order valence-corrected chi connectivity index (χ3v) is 5.73. The monoisotopic (exact) mass is 619 g/mol. The fourth-order valence-corrected chi connectivity index (χ4v) is 4.17. The van der Waals surface area contributed by atoms with Crippen LogP contribution in [0.25, 0.3) is 22.0 Å². The minimum atomic E-state index is 0. The van der Waals surface area contributed by atoms with Crippen molar-refractivity contribution in [3.63, 3.8) is 0 Å². The summed E-state index contributed by atoms with van der Waals surface area (Å²) in [6.07, 6.45) is 1.79. The second-order valence-electron chi connectivity index (χ2n) is 7.88. The maximum Gasteiger partial charge on any atom is 3.00 e. The average Bonchev–Trinajstić information content (AvgIpc) is 3.22. The minimum Gasteiger partial charge on any atom is -0.504 e. The van der Waals surface area contributed by atoms with Crippen molar-refractivity contribution in [1.82, 2.24) is 4.98 Å². The Hall–Kier alpha value is -3.66. The van der Waals surface area contributed by atoms with Crippen molar-refractivity contribution >= 4 is 27.8 Å². The molecule has 0 amide bonds. The Morgan fingerprint density at radius 1 is 0.882 bits per heavy atom. The molecule has 0 saturated heterocycles. The summed E-state index contributed by atoms with van der Waals surface area (Å²) in [5.41, 5.74) is 5.23. The molecule has 1 aromatic heterocycles. The van der Waals surface area contributed by atoms with E-state index in [4.69, 9.17) is 4.74 Å². The summed E-state index contributed by atoms with van der Waals surface area (Å²) in [5, 5.41) is 2.24. The van der Waals surface area contributed by atoms with Crippen LogP contribution in [0.1, 0.15) is 0 Å². The van der Waals surface area contributed by atoms with E-state index >= 15 is 0 Å². The number of hydrogen-bond acceptors (Lipinski definition) is 4. The van der Waals surface area contributed by atoms with Crippen LogP contribution in [-0.4, -0.2) is 12.0 Å². The normalized spacial score (nSPS) is 12.6. The van der Waals surface area contributed by atoms with Crippen molar-refractivity contribution in [2.24, 2.45) is 0 Å². The van der Waals surface area contributed by atoms with E-state index in [1.54, 1.807) is 6.20 Å². The number of hydrogen-bond donors (Lipinski definition) is 0. The van der Waals surface area contributed by atoms with Crippen molar-refractivity contribution in [1.29, 1.82) is 0 Å². The summed E-state index contributed by atoms with van der Waals surface area (Å²) in [4.78, 5) is 8.49. The molecule has 0 fully saturated rings. The number of nitrogens with zero attached hydrogens (tertiary/aromatic N) is 3. The van der Waals surface area contributed by atoms with Crippen molar-refractivity contribution in [3.05, 3.63) is 116 Å². The molecule has 4 nitrogen and oxygen atoms in total. The molecule has 2 aliphatic heterocycles. The second-order valence-corrected chi connectivity index (χ2v) is 7.88. The molecule has 0 atom stereocenters. The Labute approximate surface area is 212 Å². The van der Waals surface area contributed by atoms with E-state index in [2.05, 4.69) is 64.9 Å². The maximum absolute atomic E-state index is 6.11. The maximum atomic E-state index is 6.11. The fraction of sp³-hybridized carbons (Fsp3) is 0.0345. The first kappa shape index (κ1) is 22.1. The summed E-state index contributed by atoms with van der Waals surface area (Å²) in [6.45, 7) is 2.08. The summed E-state index contributed by atoms with van der Waals surface area (Å²) in [6, 6.07) is 36.8. The van der Waals surface area contributed by atoms with Crippen LogP contribution in [0, 0.1) is 18.8 Å². The molecule has 166 valence electrons. The minimum absolute atomic E-state index is 0. The molecule has 0 bridgehead atoms. The predicted molar refractivity (Wildman–Crippen MR) is 133 cm³/mol. The predicted octanol–water partition coefficient (Wildman–Crippen LogP) is 7.00. The molecule has 0 unspecified atom stereocenters. The van der Waals surface area contributed by atoms with Crippen LogP contribution in [0.15, 0.2) is 97.2 Å². The zero-order valence-electron chi connectivity index (χ0n) is 18.4. The molecular weight excluding hydrogens is 599 g/mol. The molecule has 7 rings (SSSR count). The smallest absolute Gasteiger partial charge is 0.504 e. The second kappa shape index (κ2) is 9.30. The van der Waals surface area contributed by atoms with Gasteiger partial charge in [0.2, 0.25) is 0 Å². The number of anilines is 3. The molecule has 2 aliphatic rings. The van der Waals surface area contributed by atoms with Gasteiger partial charge in [0.1, 0.15) is 5.75 Å². The molecule has 4 aromatic carbocycles. The van der Waals surface area contributed by atoms with Crippen molar-refractivity contribution < 1.29 is 24.8 Å². The van der Waals surface area contributed by atoms with Crippen molar-refractivity contribution in [3.8, 4) is 22.8 Å². The van der Waals surface area contributed by atoms with Gasteiger partial charge in [0, 0.05) is 11.9 Å². The molecule has 0 aliphatic carbocycles. The van der Waals surface area contributed by atoms with Gasteiger partial charge in [0.25, 0.3) is 0 Å². The van der Waals surface area contributed by atoms with Crippen LogP contribution in [0.5, 0.6) is 11.5 Å². The van der Waals surface area contributed by atoms with Gasteiger partial charge in [-0.3, -0.25) is 0 Å². The third-order valence-electron chi connectivity index (χ3n) is 5.73. The quantitative estimate of drug-likeness (QED) is 0.189. The molecule has 34 heavy (non-hydrogen) atoms. The van der Waals surface area contributed by atoms with Gasteiger partial charge in [0.15, 0.2) is 0 Å². The van der Waals surface area contributed by atoms with Crippen molar-refractivity contribution in [2.75, 3.05) is 16.8 Å². The molecular formula is C29H20IrN3O. The van der Waals surface area contributed by atoms with E-state index < -0.39 is 0 Å². The van der Waals surface area contributed by atoms with Crippen LogP contribution in [0.3, 0.4) is 0 Å². The van der Waals surface area contributed by atoms with Crippen LogP contribution < -0.4 is 14.5 Å². The topological polar surface area (TPSA) is 28.6 Å². The Balaban J connectivity index is 0.000000159. The number of para-hydroxylation sites is 1. The van der Waals surface area contributed by atoms with Crippen LogP contribution in [0.4, 0.5) is 17.1 Å². The summed E-state index contributed by atoms with van der Waals surface area (Å²) in [5.74, 6) is 1.74. The first-order chi connectivity index (χ1) is 16.3. The molecule has 3 heterocycles. The average molecular weight is 619 g/mol. The first-order valence-corrected chi connectivity index (χ1v) is 10.8. The van der Waals surface area contributed by atoms with Gasteiger partial charge in [0.05, 0.1) is 11.4 Å². The van der Waals surface area contributed by atoms with E-state index in [9.17, 15) is 0 Å². The molecule has 0 radical (unpaired) electrons. The van der Waals surface area contributed by atoms with Gasteiger partial charge in [-0.1, -0.05) is 36.4 Å². The van der Waals surface area contributed by atoms with E-state index in [0.29, 0.717) is 0 Å². The van der Waals surface area contributed by atoms with Gasteiger partial charge in [-0.25, -0.2) is 0 Å². The van der Waals surface area contributed by atoms with Gasteiger partial charge in [-0.2, -0.15) is 6.67 Å². The van der Waals surface area contributed by atoms with Gasteiger partial charge >= 0.3 is 20.1 Å². The number of rotatable bonds is 1. The zero-order chi connectivity index (χ0) is 22.2. The van der Waals surface area contributed by atoms with Gasteiger partial charge in [-0.15, -0.1) is 64.9 Å². The number of ether oxygens (including phenoxy) is 1.